The SMILES string of the molecule is CCOc1ccc(-c2cnc(CCCNC)[nH]2)cc1. The highest BCUT2D eigenvalue weighted by Crippen LogP contribution is 2.21. The number of nitrogens with one attached hydrogen (secondary N) is 2. The molecule has 0 radical (unpaired) electrons. The van der Waals surface area contributed by atoms with Gasteiger partial charge in [0, 0.05) is 6.42 Å². The lowest BCUT2D eigenvalue weighted by Gasteiger charge is -2.03. The van der Waals surface area contributed by atoms with Gasteiger partial charge < -0.3 is 15.0 Å². The van der Waals surface area contributed by atoms with Gasteiger partial charge in [0.05, 0.1) is 18.5 Å². The van der Waals surface area contributed by atoms with Crippen LogP contribution in [0.25, 0.3) is 11.3 Å². The molecule has 0 aliphatic heterocycles. The molecule has 1 heterocycles. The van der Waals surface area contributed by atoms with E-state index in [-0.39, 0.29) is 0 Å². The van der Waals surface area contributed by atoms with E-state index in [0.717, 1.165) is 42.2 Å². The smallest absolute Gasteiger partial charge is 0.119 e. The number of hydrogen-bond acceptors (Lipinski definition) is 3. The van der Waals surface area contributed by atoms with Gasteiger partial charge in [0.1, 0.15) is 11.6 Å². The van der Waals surface area contributed by atoms with Gasteiger partial charge in [-0.1, -0.05) is 0 Å². The van der Waals surface area contributed by atoms with E-state index < -0.39 is 0 Å². The minimum Gasteiger partial charge on any atom is -0.494 e. The van der Waals surface area contributed by atoms with E-state index in [1.165, 1.54) is 0 Å². The second kappa shape index (κ2) is 6.95. The van der Waals surface area contributed by atoms with Crippen molar-refractivity contribution in [3.8, 4) is 17.0 Å². The number of ether oxygens (including phenoxy) is 1. The van der Waals surface area contributed by atoms with Gasteiger partial charge in [-0.05, 0) is 56.8 Å². The molecule has 2 rings (SSSR count). The molecular formula is C15H21N3O. The van der Waals surface area contributed by atoms with Gasteiger partial charge in [-0.25, -0.2) is 4.98 Å². The summed E-state index contributed by atoms with van der Waals surface area (Å²) in [6.07, 6.45) is 3.95. The lowest BCUT2D eigenvalue weighted by Crippen LogP contribution is -2.08. The molecule has 2 N–H and O–H groups in total. The summed E-state index contributed by atoms with van der Waals surface area (Å²) in [5, 5.41) is 3.14. The lowest BCUT2D eigenvalue weighted by molar-refractivity contribution is 0.340. The Morgan fingerprint density at radius 1 is 1.26 bits per heavy atom. The van der Waals surface area contributed by atoms with Gasteiger partial charge in [0.25, 0.3) is 0 Å². The fourth-order valence-electron chi connectivity index (χ4n) is 1.97. The molecule has 0 aliphatic rings. The number of nitrogens with zero attached hydrogens (tertiary/aromatic N) is 1. The maximum Gasteiger partial charge on any atom is 0.119 e. The maximum atomic E-state index is 5.43. The van der Waals surface area contributed by atoms with E-state index in [0.29, 0.717) is 6.61 Å². The second-order valence-corrected chi connectivity index (χ2v) is 4.41. The normalized spacial score (nSPS) is 10.6. The number of aromatic nitrogens is 2. The molecule has 4 heteroatoms. The quantitative estimate of drug-likeness (QED) is 0.751. The summed E-state index contributed by atoms with van der Waals surface area (Å²) >= 11 is 0. The molecule has 0 spiro atoms. The third-order valence-corrected chi connectivity index (χ3v) is 2.95. The van der Waals surface area contributed by atoms with Crippen molar-refractivity contribution in [2.75, 3.05) is 20.2 Å². The molecule has 1 aromatic carbocycles. The van der Waals surface area contributed by atoms with Crippen molar-refractivity contribution in [1.29, 1.82) is 0 Å². The Labute approximate surface area is 114 Å². The topological polar surface area (TPSA) is 49.9 Å². The van der Waals surface area contributed by atoms with Crippen molar-refractivity contribution in [3.63, 3.8) is 0 Å². The summed E-state index contributed by atoms with van der Waals surface area (Å²) in [5.41, 5.74) is 2.19. The number of benzene rings is 1. The summed E-state index contributed by atoms with van der Waals surface area (Å²) in [7, 11) is 1.97. The Morgan fingerprint density at radius 2 is 2.05 bits per heavy atom. The first kappa shape index (κ1) is 13.6. The fourth-order valence-corrected chi connectivity index (χ4v) is 1.97. The van der Waals surface area contributed by atoms with Crippen LogP contribution in [0.15, 0.2) is 30.5 Å². The Balaban J connectivity index is 2.01. The van der Waals surface area contributed by atoms with Crippen molar-refractivity contribution in [2.24, 2.45) is 0 Å². The van der Waals surface area contributed by atoms with E-state index >= 15 is 0 Å². The minimum atomic E-state index is 0.693. The molecule has 0 bridgehead atoms. The molecule has 0 amide bonds. The maximum absolute atomic E-state index is 5.43. The average molecular weight is 259 g/mol. The molecule has 0 aliphatic carbocycles. The molecule has 0 saturated heterocycles. The van der Waals surface area contributed by atoms with E-state index in [1.807, 2.05) is 32.3 Å². The van der Waals surface area contributed by atoms with Gasteiger partial charge in [-0.2, -0.15) is 0 Å². The Bertz CT molecular complexity index is 490. The Morgan fingerprint density at radius 3 is 2.74 bits per heavy atom. The van der Waals surface area contributed by atoms with Gasteiger partial charge in [0.15, 0.2) is 0 Å². The van der Waals surface area contributed by atoms with Crippen LogP contribution in [0, 0.1) is 0 Å². The molecule has 2 aromatic rings. The van der Waals surface area contributed by atoms with Crippen LogP contribution in [0.3, 0.4) is 0 Å². The van der Waals surface area contributed by atoms with Crippen LogP contribution in [0.4, 0.5) is 0 Å². The second-order valence-electron chi connectivity index (χ2n) is 4.41. The van der Waals surface area contributed by atoms with Crippen LogP contribution >= 0.6 is 0 Å². The highest BCUT2D eigenvalue weighted by atomic mass is 16.5. The van der Waals surface area contributed by atoms with Gasteiger partial charge in [0.2, 0.25) is 0 Å². The summed E-state index contributed by atoms with van der Waals surface area (Å²) < 4.78 is 5.43. The van der Waals surface area contributed by atoms with Crippen molar-refractivity contribution in [3.05, 3.63) is 36.3 Å². The molecule has 19 heavy (non-hydrogen) atoms. The summed E-state index contributed by atoms with van der Waals surface area (Å²) in [6.45, 7) is 3.69. The molecule has 4 nitrogen and oxygen atoms in total. The summed E-state index contributed by atoms with van der Waals surface area (Å²) in [6, 6.07) is 8.08. The first-order valence-corrected chi connectivity index (χ1v) is 6.75. The third kappa shape index (κ3) is 3.83. The highest BCUT2D eigenvalue weighted by Gasteiger charge is 2.03. The van der Waals surface area contributed by atoms with Gasteiger partial charge >= 0.3 is 0 Å². The van der Waals surface area contributed by atoms with Crippen molar-refractivity contribution in [1.82, 2.24) is 15.3 Å². The lowest BCUT2D eigenvalue weighted by atomic mass is 10.2. The van der Waals surface area contributed by atoms with Crippen LogP contribution in [0.5, 0.6) is 5.75 Å². The third-order valence-electron chi connectivity index (χ3n) is 2.95. The summed E-state index contributed by atoms with van der Waals surface area (Å²) in [5.74, 6) is 1.94. The van der Waals surface area contributed by atoms with Crippen molar-refractivity contribution < 1.29 is 4.74 Å². The van der Waals surface area contributed by atoms with Gasteiger partial charge in [-0.15, -0.1) is 0 Å². The van der Waals surface area contributed by atoms with E-state index in [1.54, 1.807) is 0 Å². The van der Waals surface area contributed by atoms with Crippen LogP contribution < -0.4 is 10.1 Å². The largest absolute Gasteiger partial charge is 0.494 e. The number of hydrogen-bond donors (Lipinski definition) is 2. The standard InChI is InChI=1S/C15H21N3O/c1-3-19-13-8-6-12(7-9-13)14-11-17-15(18-14)5-4-10-16-2/h6-9,11,16H,3-5,10H2,1-2H3,(H,17,18). The predicted molar refractivity (Wildman–Crippen MR) is 77.4 cm³/mol. The molecule has 1 aromatic heterocycles. The molecular weight excluding hydrogens is 238 g/mol. The van der Waals surface area contributed by atoms with Crippen molar-refractivity contribution in [2.45, 2.75) is 19.8 Å². The molecule has 102 valence electrons. The predicted octanol–water partition coefficient (Wildman–Crippen LogP) is 2.63. The molecule has 0 atom stereocenters. The first-order valence-electron chi connectivity index (χ1n) is 6.75. The number of aryl methyl sites for hydroxylation is 1. The first-order chi connectivity index (χ1) is 9.33. The Hall–Kier alpha value is -1.81. The minimum absolute atomic E-state index is 0.693. The van der Waals surface area contributed by atoms with Crippen LogP contribution in [-0.4, -0.2) is 30.2 Å². The van der Waals surface area contributed by atoms with Crippen molar-refractivity contribution >= 4 is 0 Å². The zero-order valence-corrected chi connectivity index (χ0v) is 11.6. The number of rotatable bonds is 7. The summed E-state index contributed by atoms with van der Waals surface area (Å²) in [4.78, 5) is 7.77. The van der Waals surface area contributed by atoms with Crippen LogP contribution in [-0.2, 0) is 6.42 Å². The number of aromatic amines is 1. The van der Waals surface area contributed by atoms with E-state index in [9.17, 15) is 0 Å². The van der Waals surface area contributed by atoms with E-state index in [2.05, 4.69) is 27.4 Å². The molecule has 0 fully saturated rings. The highest BCUT2D eigenvalue weighted by molar-refractivity contribution is 5.59. The zero-order chi connectivity index (χ0) is 13.5. The number of imidazole rings is 1. The van der Waals surface area contributed by atoms with E-state index in [4.69, 9.17) is 4.74 Å². The average Bonchev–Trinajstić information content (AvgIpc) is 2.89. The number of H-pyrrole nitrogens is 1. The van der Waals surface area contributed by atoms with Crippen LogP contribution in [0.1, 0.15) is 19.2 Å². The monoisotopic (exact) mass is 259 g/mol. The molecule has 0 unspecified atom stereocenters. The Kier molecular flexibility index (Phi) is 4.98. The fraction of sp³-hybridized carbons (Fsp3) is 0.400. The zero-order valence-electron chi connectivity index (χ0n) is 11.6. The van der Waals surface area contributed by atoms with Gasteiger partial charge in [-0.3, -0.25) is 0 Å². The van der Waals surface area contributed by atoms with Crippen LogP contribution in [0.2, 0.25) is 0 Å². The molecule has 0 saturated carbocycles.